The van der Waals surface area contributed by atoms with E-state index >= 15 is 0 Å². The fraction of sp³-hybridized carbons (Fsp3) is 0.857. The minimum absolute atomic E-state index is 0.226. The third-order valence-electron chi connectivity index (χ3n) is 1.89. The summed E-state index contributed by atoms with van der Waals surface area (Å²) in [5.41, 5.74) is 0. The molecule has 1 rings (SSSR count). The van der Waals surface area contributed by atoms with Gasteiger partial charge in [0.1, 0.15) is 0 Å². The van der Waals surface area contributed by atoms with Crippen molar-refractivity contribution in [3.8, 4) is 0 Å². The number of hydrogen-bond acceptors (Lipinski definition) is 3. The Bertz CT molecular complexity index is 145. The Hall–Kier alpha value is -0.220. The van der Waals surface area contributed by atoms with Gasteiger partial charge in [0.15, 0.2) is 0 Å². The van der Waals surface area contributed by atoms with Gasteiger partial charge in [0.25, 0.3) is 0 Å². The topological polar surface area (TPSA) is 57.5 Å². The van der Waals surface area contributed by atoms with Gasteiger partial charge in [-0.3, -0.25) is 4.79 Å². The van der Waals surface area contributed by atoms with Gasteiger partial charge in [0.2, 0.25) is 0 Å². The molecule has 0 spiro atoms. The summed E-state index contributed by atoms with van der Waals surface area (Å²) in [6.07, 6.45) is 0.638. The maximum Gasteiger partial charge on any atom is 0.308 e. The highest BCUT2D eigenvalue weighted by atomic mass is 32.2. The van der Waals surface area contributed by atoms with Crippen molar-refractivity contribution in [1.82, 2.24) is 0 Å². The Kier molecular flexibility index (Phi) is 3.20. The van der Waals surface area contributed by atoms with Crippen LogP contribution >= 0.6 is 11.8 Å². The number of rotatable bonds is 4. The zero-order valence-corrected chi connectivity index (χ0v) is 7.01. The minimum Gasteiger partial charge on any atom is -0.481 e. The molecule has 1 aliphatic heterocycles. The quantitative estimate of drug-likeness (QED) is 0.652. The molecular weight excluding hydrogens is 164 g/mol. The van der Waals surface area contributed by atoms with Crippen LogP contribution in [0.5, 0.6) is 0 Å². The molecule has 0 aromatic rings. The average molecular weight is 176 g/mol. The van der Waals surface area contributed by atoms with Crippen molar-refractivity contribution in [3.63, 3.8) is 0 Å². The van der Waals surface area contributed by atoms with Crippen molar-refractivity contribution in [2.75, 3.05) is 18.1 Å². The third kappa shape index (κ3) is 2.38. The molecule has 0 aromatic carbocycles. The molecule has 0 radical (unpaired) electrons. The van der Waals surface area contributed by atoms with E-state index in [1.54, 1.807) is 0 Å². The second-order valence-corrected chi connectivity index (χ2v) is 3.93. The maximum atomic E-state index is 10.4. The molecule has 1 atom stereocenters. The van der Waals surface area contributed by atoms with Crippen molar-refractivity contribution in [2.45, 2.75) is 6.42 Å². The smallest absolute Gasteiger partial charge is 0.308 e. The van der Waals surface area contributed by atoms with Gasteiger partial charge in [-0.15, -0.1) is 0 Å². The molecule has 2 N–H and O–H groups in total. The summed E-state index contributed by atoms with van der Waals surface area (Å²) < 4.78 is 0. The van der Waals surface area contributed by atoms with Gasteiger partial charge in [-0.25, -0.2) is 0 Å². The molecule has 3 nitrogen and oxygen atoms in total. The number of carboxylic acids is 1. The fourth-order valence-electron chi connectivity index (χ4n) is 1.08. The number of hydrogen-bond donors (Lipinski definition) is 2. The van der Waals surface area contributed by atoms with Gasteiger partial charge in [-0.05, 0) is 23.8 Å². The molecule has 0 aliphatic carbocycles. The Labute approximate surface area is 69.8 Å². The Morgan fingerprint density at radius 1 is 1.64 bits per heavy atom. The summed E-state index contributed by atoms with van der Waals surface area (Å²) in [4.78, 5) is 10.4. The summed E-state index contributed by atoms with van der Waals surface area (Å²) in [5, 5.41) is 17.3. The van der Waals surface area contributed by atoms with Gasteiger partial charge in [-0.2, -0.15) is 11.8 Å². The summed E-state index contributed by atoms with van der Waals surface area (Å²) in [6.45, 7) is -0.226. The van der Waals surface area contributed by atoms with E-state index in [-0.39, 0.29) is 6.61 Å². The molecule has 1 heterocycles. The molecule has 64 valence electrons. The lowest BCUT2D eigenvalue weighted by Crippen LogP contribution is -2.27. The van der Waals surface area contributed by atoms with E-state index in [4.69, 9.17) is 10.2 Å². The lowest BCUT2D eigenvalue weighted by atomic mass is 9.97. The van der Waals surface area contributed by atoms with E-state index in [0.717, 1.165) is 11.5 Å². The van der Waals surface area contributed by atoms with E-state index < -0.39 is 11.9 Å². The van der Waals surface area contributed by atoms with Crippen LogP contribution < -0.4 is 0 Å². The Balaban J connectivity index is 2.24. The van der Waals surface area contributed by atoms with Gasteiger partial charge in [0, 0.05) is 0 Å². The highest BCUT2D eigenvalue weighted by Gasteiger charge is 2.25. The molecule has 1 aliphatic rings. The number of aliphatic carboxylic acids is 1. The molecule has 1 fully saturated rings. The normalized spacial score (nSPS) is 20.8. The van der Waals surface area contributed by atoms with Crippen LogP contribution in [-0.2, 0) is 4.79 Å². The number of carboxylic acid groups (broad SMARTS) is 1. The van der Waals surface area contributed by atoms with Crippen molar-refractivity contribution in [2.24, 2.45) is 11.8 Å². The second kappa shape index (κ2) is 3.97. The molecule has 0 saturated carbocycles. The molecule has 0 bridgehead atoms. The van der Waals surface area contributed by atoms with E-state index in [1.165, 1.54) is 0 Å². The number of aliphatic hydroxyl groups is 1. The monoisotopic (exact) mass is 176 g/mol. The third-order valence-corrected chi connectivity index (χ3v) is 3.31. The summed E-state index contributed by atoms with van der Waals surface area (Å²) in [6, 6.07) is 0. The first-order valence-electron chi connectivity index (χ1n) is 3.65. The van der Waals surface area contributed by atoms with Crippen LogP contribution in [0.2, 0.25) is 0 Å². The average Bonchev–Trinajstić information content (AvgIpc) is 1.85. The first-order valence-corrected chi connectivity index (χ1v) is 4.81. The number of aliphatic hydroxyl groups excluding tert-OH is 1. The zero-order chi connectivity index (χ0) is 8.27. The number of thioether (sulfide) groups is 1. The lowest BCUT2D eigenvalue weighted by molar-refractivity contribution is -0.143. The van der Waals surface area contributed by atoms with Crippen molar-refractivity contribution < 1.29 is 15.0 Å². The van der Waals surface area contributed by atoms with Crippen LogP contribution in [-0.4, -0.2) is 34.3 Å². The SMILES string of the molecule is O=C(O)C(CO)CC1CSC1. The first-order chi connectivity index (χ1) is 5.24. The lowest BCUT2D eigenvalue weighted by Gasteiger charge is -2.26. The fourth-order valence-corrected chi connectivity index (χ4v) is 1.92. The highest BCUT2D eigenvalue weighted by Crippen LogP contribution is 2.29. The molecular formula is C7H12O3S. The van der Waals surface area contributed by atoms with Gasteiger partial charge >= 0.3 is 5.97 Å². The molecule has 11 heavy (non-hydrogen) atoms. The molecule has 4 heteroatoms. The summed E-state index contributed by atoms with van der Waals surface area (Å²) in [7, 11) is 0. The van der Waals surface area contributed by atoms with E-state index in [9.17, 15) is 4.79 Å². The Morgan fingerprint density at radius 3 is 2.55 bits per heavy atom. The van der Waals surface area contributed by atoms with Crippen LogP contribution in [0.25, 0.3) is 0 Å². The highest BCUT2D eigenvalue weighted by molar-refractivity contribution is 8.00. The second-order valence-electron chi connectivity index (χ2n) is 2.86. The number of carbonyl (C=O) groups is 1. The van der Waals surface area contributed by atoms with Crippen LogP contribution in [0.3, 0.4) is 0 Å². The van der Waals surface area contributed by atoms with Crippen molar-refractivity contribution >= 4 is 17.7 Å². The van der Waals surface area contributed by atoms with Crippen molar-refractivity contribution in [1.29, 1.82) is 0 Å². The van der Waals surface area contributed by atoms with Gasteiger partial charge in [0.05, 0.1) is 12.5 Å². The van der Waals surface area contributed by atoms with Gasteiger partial charge in [-0.1, -0.05) is 0 Å². The summed E-state index contributed by atoms with van der Waals surface area (Å²) in [5.74, 6) is 1.23. The van der Waals surface area contributed by atoms with Crippen LogP contribution in [0.1, 0.15) is 6.42 Å². The molecule has 1 unspecified atom stereocenters. The van der Waals surface area contributed by atoms with Crippen LogP contribution in [0, 0.1) is 11.8 Å². The van der Waals surface area contributed by atoms with Gasteiger partial charge < -0.3 is 10.2 Å². The molecule has 1 saturated heterocycles. The zero-order valence-electron chi connectivity index (χ0n) is 6.19. The van der Waals surface area contributed by atoms with E-state index in [2.05, 4.69) is 0 Å². The van der Waals surface area contributed by atoms with Crippen LogP contribution in [0.15, 0.2) is 0 Å². The van der Waals surface area contributed by atoms with E-state index in [0.29, 0.717) is 12.3 Å². The first kappa shape index (κ1) is 8.87. The molecule has 0 aromatic heterocycles. The standard InChI is InChI=1S/C7H12O3S/c8-2-6(7(9)10)1-5-3-11-4-5/h5-6,8H,1-4H2,(H,9,10). The largest absolute Gasteiger partial charge is 0.481 e. The predicted molar refractivity (Wildman–Crippen MR) is 43.6 cm³/mol. The maximum absolute atomic E-state index is 10.4. The Morgan fingerprint density at radius 2 is 2.27 bits per heavy atom. The van der Waals surface area contributed by atoms with E-state index in [1.807, 2.05) is 11.8 Å². The van der Waals surface area contributed by atoms with Crippen LogP contribution in [0.4, 0.5) is 0 Å². The minimum atomic E-state index is -0.871. The predicted octanol–water partition coefficient (Wildman–Crippen LogP) is 0.433. The molecule has 0 amide bonds. The van der Waals surface area contributed by atoms with Crippen molar-refractivity contribution in [3.05, 3.63) is 0 Å². The summed E-state index contributed by atoms with van der Waals surface area (Å²) >= 11 is 1.83.